The van der Waals surface area contributed by atoms with E-state index in [0.717, 1.165) is 42.2 Å². The number of aryl methyl sites for hydroxylation is 1. The van der Waals surface area contributed by atoms with Gasteiger partial charge in [-0.05, 0) is 19.1 Å². The van der Waals surface area contributed by atoms with Gasteiger partial charge in [0.15, 0.2) is 0 Å². The molecule has 1 heterocycles. The number of methoxy groups -OCH3 is 1. The number of ether oxygens (including phenoxy) is 2. The first-order chi connectivity index (χ1) is 9.30. The number of nitrogens with zero attached hydrogens (tertiary/aromatic N) is 2. The molecule has 0 radical (unpaired) electrons. The Kier molecular flexibility index (Phi) is 5.05. The molecule has 2 rings (SSSR count). The van der Waals surface area contributed by atoms with Crippen LogP contribution < -0.4 is 4.74 Å². The van der Waals surface area contributed by atoms with Gasteiger partial charge in [0, 0.05) is 31.5 Å². The van der Waals surface area contributed by atoms with Gasteiger partial charge in [0.05, 0.1) is 24.8 Å². The van der Waals surface area contributed by atoms with Gasteiger partial charge in [0.2, 0.25) is 0 Å². The predicted octanol–water partition coefficient (Wildman–Crippen LogP) is 2.86. The Hall–Kier alpha value is -1.26. The maximum absolute atomic E-state index is 5.85. The van der Waals surface area contributed by atoms with E-state index >= 15 is 0 Å². The van der Waals surface area contributed by atoms with Crippen molar-refractivity contribution in [3.8, 4) is 5.75 Å². The van der Waals surface area contributed by atoms with E-state index in [1.807, 2.05) is 25.1 Å². The second-order valence-corrected chi connectivity index (χ2v) is 4.55. The first-order valence-corrected chi connectivity index (χ1v) is 7.00. The highest BCUT2D eigenvalue weighted by atomic mass is 35.5. The molecule has 0 saturated carbocycles. The SMILES string of the molecule is CCOCCn1c(CCCl)nc2cc(OC)ccc21. The molecule has 1 aromatic carbocycles. The Labute approximate surface area is 118 Å². The number of hydrogen-bond acceptors (Lipinski definition) is 3. The van der Waals surface area contributed by atoms with Crippen LogP contribution in [-0.2, 0) is 17.7 Å². The van der Waals surface area contributed by atoms with Crippen LogP contribution >= 0.6 is 11.6 Å². The Morgan fingerprint density at radius 2 is 2.21 bits per heavy atom. The molecular weight excluding hydrogens is 264 g/mol. The van der Waals surface area contributed by atoms with Crippen molar-refractivity contribution in [1.29, 1.82) is 0 Å². The van der Waals surface area contributed by atoms with Crippen molar-refractivity contribution in [3.63, 3.8) is 0 Å². The third-order valence-electron chi connectivity index (χ3n) is 3.02. The molecule has 104 valence electrons. The van der Waals surface area contributed by atoms with Crippen molar-refractivity contribution in [2.24, 2.45) is 0 Å². The molecule has 0 spiro atoms. The number of aromatic nitrogens is 2. The van der Waals surface area contributed by atoms with Crippen LogP contribution in [0.25, 0.3) is 11.0 Å². The fraction of sp³-hybridized carbons (Fsp3) is 0.500. The molecule has 4 nitrogen and oxygen atoms in total. The number of halogens is 1. The summed E-state index contributed by atoms with van der Waals surface area (Å²) >= 11 is 5.85. The van der Waals surface area contributed by atoms with Gasteiger partial charge < -0.3 is 14.0 Å². The van der Waals surface area contributed by atoms with E-state index in [2.05, 4.69) is 9.55 Å². The molecule has 1 aromatic heterocycles. The summed E-state index contributed by atoms with van der Waals surface area (Å²) < 4.78 is 12.8. The smallest absolute Gasteiger partial charge is 0.121 e. The minimum absolute atomic E-state index is 0.565. The van der Waals surface area contributed by atoms with Crippen molar-refractivity contribution in [3.05, 3.63) is 24.0 Å². The fourth-order valence-corrected chi connectivity index (χ4v) is 2.28. The second kappa shape index (κ2) is 6.78. The van der Waals surface area contributed by atoms with Gasteiger partial charge >= 0.3 is 0 Å². The molecule has 0 unspecified atom stereocenters. The topological polar surface area (TPSA) is 36.3 Å². The molecule has 2 aromatic rings. The lowest BCUT2D eigenvalue weighted by Crippen LogP contribution is -2.09. The number of benzene rings is 1. The molecule has 0 saturated heterocycles. The van der Waals surface area contributed by atoms with Crippen LogP contribution in [0.2, 0.25) is 0 Å². The molecule has 5 heteroatoms. The van der Waals surface area contributed by atoms with Gasteiger partial charge in [0.1, 0.15) is 11.6 Å². The summed E-state index contributed by atoms with van der Waals surface area (Å²) in [4.78, 5) is 4.63. The summed E-state index contributed by atoms with van der Waals surface area (Å²) in [5, 5.41) is 0. The largest absolute Gasteiger partial charge is 0.497 e. The minimum atomic E-state index is 0.565. The van der Waals surface area contributed by atoms with Crippen LogP contribution in [0.4, 0.5) is 0 Å². The Morgan fingerprint density at radius 1 is 1.37 bits per heavy atom. The lowest BCUT2D eigenvalue weighted by molar-refractivity contribution is 0.139. The normalized spacial score (nSPS) is 11.1. The van der Waals surface area contributed by atoms with E-state index in [1.165, 1.54) is 0 Å². The molecule has 0 bridgehead atoms. The average molecular weight is 283 g/mol. The van der Waals surface area contributed by atoms with Crippen molar-refractivity contribution in [1.82, 2.24) is 9.55 Å². The van der Waals surface area contributed by atoms with Crippen molar-refractivity contribution >= 4 is 22.6 Å². The lowest BCUT2D eigenvalue weighted by atomic mass is 10.3. The quantitative estimate of drug-likeness (QED) is 0.579. The molecule has 0 aliphatic heterocycles. The van der Waals surface area contributed by atoms with E-state index in [0.29, 0.717) is 12.5 Å². The zero-order chi connectivity index (χ0) is 13.7. The summed E-state index contributed by atoms with van der Waals surface area (Å²) in [6, 6.07) is 5.93. The van der Waals surface area contributed by atoms with Crippen LogP contribution in [-0.4, -0.2) is 35.8 Å². The molecule has 0 amide bonds. The Bertz CT molecular complexity index is 539. The number of alkyl halides is 1. The van der Waals surface area contributed by atoms with Crippen LogP contribution in [0.3, 0.4) is 0 Å². The van der Waals surface area contributed by atoms with E-state index in [-0.39, 0.29) is 0 Å². The summed E-state index contributed by atoms with van der Waals surface area (Å²) in [7, 11) is 1.66. The molecular formula is C14H19ClN2O2. The molecule has 0 aliphatic rings. The van der Waals surface area contributed by atoms with Crippen LogP contribution in [0.5, 0.6) is 5.75 Å². The van der Waals surface area contributed by atoms with Gasteiger partial charge in [0.25, 0.3) is 0 Å². The number of hydrogen-bond donors (Lipinski definition) is 0. The molecule has 0 N–H and O–H groups in total. The van der Waals surface area contributed by atoms with Gasteiger partial charge in [-0.2, -0.15) is 0 Å². The van der Waals surface area contributed by atoms with E-state index in [1.54, 1.807) is 7.11 Å². The number of rotatable bonds is 7. The summed E-state index contributed by atoms with van der Waals surface area (Å²) in [6.45, 7) is 4.20. The Morgan fingerprint density at radius 3 is 2.89 bits per heavy atom. The number of fused-ring (bicyclic) bond motifs is 1. The van der Waals surface area contributed by atoms with Gasteiger partial charge in [-0.3, -0.25) is 0 Å². The molecule has 0 fully saturated rings. The molecule has 19 heavy (non-hydrogen) atoms. The standard InChI is InChI=1S/C14H19ClN2O2/c1-3-19-9-8-17-13-5-4-11(18-2)10-12(13)16-14(17)6-7-15/h4-5,10H,3,6-9H2,1-2H3. The van der Waals surface area contributed by atoms with Gasteiger partial charge in [-0.1, -0.05) is 0 Å². The maximum Gasteiger partial charge on any atom is 0.121 e. The monoisotopic (exact) mass is 282 g/mol. The van der Waals surface area contributed by atoms with Gasteiger partial charge in [-0.25, -0.2) is 4.98 Å². The predicted molar refractivity (Wildman–Crippen MR) is 77.2 cm³/mol. The minimum Gasteiger partial charge on any atom is -0.497 e. The van der Waals surface area contributed by atoms with Crippen molar-refractivity contribution in [2.45, 2.75) is 19.9 Å². The maximum atomic E-state index is 5.85. The van der Waals surface area contributed by atoms with Gasteiger partial charge in [-0.15, -0.1) is 11.6 Å². The average Bonchev–Trinajstić information content (AvgIpc) is 2.76. The zero-order valence-corrected chi connectivity index (χ0v) is 12.1. The first kappa shape index (κ1) is 14.2. The molecule has 0 aliphatic carbocycles. The molecule has 0 atom stereocenters. The lowest BCUT2D eigenvalue weighted by Gasteiger charge is -2.08. The third-order valence-corrected chi connectivity index (χ3v) is 3.20. The fourth-order valence-electron chi connectivity index (χ4n) is 2.11. The highest BCUT2D eigenvalue weighted by molar-refractivity contribution is 6.17. The first-order valence-electron chi connectivity index (χ1n) is 6.47. The van der Waals surface area contributed by atoms with Crippen molar-refractivity contribution < 1.29 is 9.47 Å². The second-order valence-electron chi connectivity index (χ2n) is 4.17. The highest BCUT2D eigenvalue weighted by Gasteiger charge is 2.10. The zero-order valence-electron chi connectivity index (χ0n) is 11.4. The Balaban J connectivity index is 2.35. The van der Waals surface area contributed by atoms with E-state index in [9.17, 15) is 0 Å². The van der Waals surface area contributed by atoms with Crippen molar-refractivity contribution in [2.75, 3.05) is 26.2 Å². The highest BCUT2D eigenvalue weighted by Crippen LogP contribution is 2.22. The summed E-state index contributed by atoms with van der Waals surface area (Å²) in [5.74, 6) is 2.38. The number of imidazole rings is 1. The van der Waals surface area contributed by atoms with Crippen LogP contribution in [0.15, 0.2) is 18.2 Å². The van der Waals surface area contributed by atoms with E-state index in [4.69, 9.17) is 21.1 Å². The third kappa shape index (κ3) is 3.19. The summed E-state index contributed by atoms with van der Waals surface area (Å²) in [6.07, 6.45) is 0.755. The summed E-state index contributed by atoms with van der Waals surface area (Å²) in [5.41, 5.74) is 2.04. The van der Waals surface area contributed by atoms with Crippen LogP contribution in [0.1, 0.15) is 12.7 Å². The van der Waals surface area contributed by atoms with E-state index < -0.39 is 0 Å². The van der Waals surface area contributed by atoms with Crippen LogP contribution in [0, 0.1) is 0 Å².